The van der Waals surface area contributed by atoms with Crippen molar-refractivity contribution in [2.75, 3.05) is 18.4 Å². The predicted molar refractivity (Wildman–Crippen MR) is 72.0 cm³/mol. The van der Waals surface area contributed by atoms with E-state index in [4.69, 9.17) is 0 Å². The summed E-state index contributed by atoms with van der Waals surface area (Å²) in [5.41, 5.74) is 1.07. The second-order valence-corrected chi connectivity index (χ2v) is 5.89. The predicted octanol–water partition coefficient (Wildman–Crippen LogP) is 2.44. The van der Waals surface area contributed by atoms with E-state index < -0.39 is 0 Å². The summed E-state index contributed by atoms with van der Waals surface area (Å²) in [7, 11) is 0. The zero-order valence-corrected chi connectivity index (χ0v) is 10.7. The van der Waals surface area contributed by atoms with Gasteiger partial charge in [0.25, 0.3) is 5.69 Å². The summed E-state index contributed by atoms with van der Waals surface area (Å²) >= 11 is 1.80. The van der Waals surface area contributed by atoms with E-state index in [2.05, 4.69) is 10.6 Å². The zero-order chi connectivity index (χ0) is 12.5. The Bertz CT molecular complexity index is 474. The van der Waals surface area contributed by atoms with Crippen LogP contribution in [0.15, 0.2) is 23.1 Å². The summed E-state index contributed by atoms with van der Waals surface area (Å²) in [5.74, 6) is 0.641. The summed E-state index contributed by atoms with van der Waals surface area (Å²) in [5, 5.41) is 17.9. The van der Waals surface area contributed by atoms with Crippen molar-refractivity contribution >= 4 is 23.1 Å². The lowest BCUT2D eigenvalue weighted by Gasteiger charge is -2.27. The molecule has 3 rings (SSSR count). The lowest BCUT2D eigenvalue weighted by Crippen LogP contribution is -2.34. The number of rotatable bonds is 2. The average Bonchev–Trinajstić information content (AvgIpc) is 2.82. The molecule has 96 valence electrons. The van der Waals surface area contributed by atoms with Crippen LogP contribution in [0.3, 0.4) is 0 Å². The minimum Gasteiger partial charge on any atom is -0.372 e. The molecule has 1 fully saturated rings. The molecule has 5 nitrogen and oxygen atoms in total. The molecular formula is C12H15N3O2S. The Morgan fingerprint density at radius 2 is 2.11 bits per heavy atom. The van der Waals surface area contributed by atoms with E-state index >= 15 is 0 Å². The first-order valence-electron chi connectivity index (χ1n) is 6.16. The Kier molecular flexibility index (Phi) is 3.13. The Labute approximate surface area is 109 Å². The number of hydrogen-bond donors (Lipinski definition) is 2. The third-order valence-electron chi connectivity index (χ3n) is 3.54. The number of nitro groups is 1. The number of nitro benzene ring substituents is 1. The van der Waals surface area contributed by atoms with Gasteiger partial charge in [0.2, 0.25) is 0 Å². The number of nitrogens with zero attached hydrogens (tertiary/aromatic N) is 1. The number of fused-ring (bicyclic) bond motifs is 1. The van der Waals surface area contributed by atoms with Gasteiger partial charge in [0.05, 0.1) is 16.0 Å². The summed E-state index contributed by atoms with van der Waals surface area (Å²) in [4.78, 5) is 11.5. The second-order valence-electron chi connectivity index (χ2n) is 4.71. The van der Waals surface area contributed by atoms with Gasteiger partial charge in [-0.3, -0.25) is 10.1 Å². The smallest absolute Gasteiger partial charge is 0.271 e. The average molecular weight is 265 g/mol. The van der Waals surface area contributed by atoms with Crippen LogP contribution in [0.4, 0.5) is 11.4 Å². The maximum absolute atomic E-state index is 10.7. The van der Waals surface area contributed by atoms with Crippen LogP contribution in [-0.4, -0.2) is 23.4 Å². The molecule has 0 amide bonds. The number of thioether (sulfide) groups is 1. The van der Waals surface area contributed by atoms with Crippen molar-refractivity contribution in [3.05, 3.63) is 28.3 Å². The lowest BCUT2D eigenvalue weighted by molar-refractivity contribution is -0.384. The Hall–Kier alpha value is -1.27. The van der Waals surface area contributed by atoms with Crippen molar-refractivity contribution in [3.63, 3.8) is 0 Å². The molecule has 2 N–H and O–H groups in total. The third kappa shape index (κ3) is 2.18. The van der Waals surface area contributed by atoms with Gasteiger partial charge in [-0.2, -0.15) is 0 Å². The highest BCUT2D eigenvalue weighted by molar-refractivity contribution is 8.00. The minimum absolute atomic E-state index is 0.160. The van der Waals surface area contributed by atoms with Gasteiger partial charge in [-0.25, -0.2) is 0 Å². The van der Waals surface area contributed by atoms with Crippen LogP contribution >= 0.6 is 11.8 Å². The van der Waals surface area contributed by atoms with Crippen LogP contribution in [0.2, 0.25) is 0 Å². The maximum Gasteiger partial charge on any atom is 0.271 e. The van der Waals surface area contributed by atoms with Crippen molar-refractivity contribution < 1.29 is 4.92 Å². The molecule has 18 heavy (non-hydrogen) atoms. The van der Waals surface area contributed by atoms with Crippen molar-refractivity contribution in [1.82, 2.24) is 5.32 Å². The molecule has 2 aliphatic heterocycles. The number of anilines is 1. The highest BCUT2D eigenvalue weighted by atomic mass is 32.2. The molecule has 0 radical (unpaired) electrons. The molecule has 0 aromatic heterocycles. The molecule has 6 heteroatoms. The first-order chi connectivity index (χ1) is 8.74. The summed E-state index contributed by atoms with van der Waals surface area (Å²) < 4.78 is 0. The Balaban J connectivity index is 1.76. The van der Waals surface area contributed by atoms with Crippen molar-refractivity contribution in [3.8, 4) is 0 Å². The molecule has 1 aromatic rings. The lowest BCUT2D eigenvalue weighted by atomic mass is 9.98. The van der Waals surface area contributed by atoms with Gasteiger partial charge in [-0.1, -0.05) is 11.8 Å². The maximum atomic E-state index is 10.7. The summed E-state index contributed by atoms with van der Waals surface area (Å²) in [6, 6.07) is 5.08. The highest BCUT2D eigenvalue weighted by Crippen LogP contribution is 2.44. The van der Waals surface area contributed by atoms with E-state index in [1.54, 1.807) is 23.9 Å². The van der Waals surface area contributed by atoms with E-state index in [0.29, 0.717) is 11.3 Å². The van der Waals surface area contributed by atoms with Gasteiger partial charge in [-0.05, 0) is 37.9 Å². The topological polar surface area (TPSA) is 67.2 Å². The van der Waals surface area contributed by atoms with Gasteiger partial charge in [-0.15, -0.1) is 0 Å². The van der Waals surface area contributed by atoms with Crippen LogP contribution in [0.1, 0.15) is 12.8 Å². The Morgan fingerprint density at radius 1 is 1.33 bits per heavy atom. The summed E-state index contributed by atoms with van der Waals surface area (Å²) in [6.45, 7) is 2.14. The molecule has 0 saturated carbocycles. The van der Waals surface area contributed by atoms with Crippen LogP contribution in [0, 0.1) is 16.0 Å². The van der Waals surface area contributed by atoms with Gasteiger partial charge >= 0.3 is 0 Å². The molecule has 0 bridgehead atoms. The normalized spacial score (nSPS) is 23.4. The Morgan fingerprint density at radius 3 is 2.83 bits per heavy atom. The number of benzene rings is 1. The molecule has 1 saturated heterocycles. The number of piperidine rings is 1. The fourth-order valence-electron chi connectivity index (χ4n) is 2.53. The van der Waals surface area contributed by atoms with Gasteiger partial charge in [0, 0.05) is 17.0 Å². The molecule has 1 unspecified atom stereocenters. The molecule has 1 aromatic carbocycles. The van der Waals surface area contributed by atoms with E-state index in [9.17, 15) is 10.1 Å². The van der Waals surface area contributed by atoms with Crippen LogP contribution < -0.4 is 10.6 Å². The van der Waals surface area contributed by atoms with E-state index in [0.717, 1.165) is 23.7 Å². The largest absolute Gasteiger partial charge is 0.372 e. The first-order valence-corrected chi connectivity index (χ1v) is 7.04. The van der Waals surface area contributed by atoms with E-state index in [1.165, 1.54) is 12.8 Å². The SMILES string of the molecule is O=[N+]([O-])c1ccc2c(c1)NC(C1CCNCC1)S2. The van der Waals surface area contributed by atoms with Gasteiger partial charge < -0.3 is 10.6 Å². The third-order valence-corrected chi connectivity index (χ3v) is 4.90. The van der Waals surface area contributed by atoms with Crippen molar-refractivity contribution in [1.29, 1.82) is 0 Å². The monoisotopic (exact) mass is 265 g/mol. The highest BCUT2D eigenvalue weighted by Gasteiger charge is 2.30. The van der Waals surface area contributed by atoms with Crippen molar-refractivity contribution in [2.24, 2.45) is 5.92 Å². The second kappa shape index (κ2) is 4.78. The van der Waals surface area contributed by atoms with Gasteiger partial charge in [0.15, 0.2) is 0 Å². The van der Waals surface area contributed by atoms with Crippen molar-refractivity contribution in [2.45, 2.75) is 23.1 Å². The fourth-order valence-corrected chi connectivity index (χ4v) is 3.84. The summed E-state index contributed by atoms with van der Waals surface area (Å²) in [6.07, 6.45) is 2.33. The molecule has 2 aliphatic rings. The van der Waals surface area contributed by atoms with Gasteiger partial charge in [0.1, 0.15) is 0 Å². The fraction of sp³-hybridized carbons (Fsp3) is 0.500. The molecular weight excluding hydrogens is 250 g/mol. The van der Waals surface area contributed by atoms with Crippen LogP contribution in [-0.2, 0) is 0 Å². The van der Waals surface area contributed by atoms with E-state index in [-0.39, 0.29) is 10.6 Å². The minimum atomic E-state index is -0.343. The quantitative estimate of drug-likeness (QED) is 0.635. The standard InChI is InChI=1S/C12H15N3O2S/c16-15(17)9-1-2-11-10(7-9)14-12(18-11)8-3-5-13-6-4-8/h1-2,7-8,12-14H,3-6H2. The number of non-ortho nitro benzene ring substituents is 1. The molecule has 0 spiro atoms. The zero-order valence-electron chi connectivity index (χ0n) is 9.89. The molecule has 0 aliphatic carbocycles. The van der Waals surface area contributed by atoms with Crippen LogP contribution in [0.5, 0.6) is 0 Å². The first kappa shape index (κ1) is 11.8. The molecule has 2 heterocycles. The number of hydrogen-bond acceptors (Lipinski definition) is 5. The molecule has 1 atom stereocenters. The van der Waals surface area contributed by atoms with E-state index in [1.807, 2.05) is 6.07 Å². The number of nitrogens with one attached hydrogen (secondary N) is 2. The van der Waals surface area contributed by atoms with Crippen LogP contribution in [0.25, 0.3) is 0 Å².